The highest BCUT2D eigenvalue weighted by molar-refractivity contribution is 7.16. The largest absolute Gasteiger partial charge is 0.462 e. The summed E-state index contributed by atoms with van der Waals surface area (Å²) in [6.07, 6.45) is 0.504. The van der Waals surface area contributed by atoms with Gasteiger partial charge >= 0.3 is 5.97 Å². The predicted octanol–water partition coefficient (Wildman–Crippen LogP) is 3.44. The molecule has 1 N–H and O–H groups in total. The van der Waals surface area contributed by atoms with E-state index < -0.39 is 5.97 Å². The summed E-state index contributed by atoms with van der Waals surface area (Å²) in [5.41, 5.74) is 2.34. The van der Waals surface area contributed by atoms with Crippen LogP contribution in [-0.4, -0.2) is 35.2 Å². The van der Waals surface area contributed by atoms with E-state index in [9.17, 15) is 19.2 Å². The molecule has 0 aliphatic carbocycles. The summed E-state index contributed by atoms with van der Waals surface area (Å²) in [5.74, 6) is -1.16. The number of hydrogen-bond acceptors (Lipinski definition) is 6. The summed E-state index contributed by atoms with van der Waals surface area (Å²) < 4.78 is 5.10. The third-order valence-electron chi connectivity index (χ3n) is 4.80. The van der Waals surface area contributed by atoms with Crippen LogP contribution in [0.15, 0.2) is 24.3 Å². The van der Waals surface area contributed by atoms with Crippen molar-refractivity contribution in [2.24, 2.45) is 0 Å². The number of carbonyl (C=O) groups is 4. The molecule has 1 aromatic heterocycles. The van der Waals surface area contributed by atoms with Crippen LogP contribution >= 0.6 is 11.3 Å². The van der Waals surface area contributed by atoms with Crippen LogP contribution in [0.25, 0.3) is 0 Å². The molecule has 2 heterocycles. The zero-order valence-electron chi connectivity index (χ0n) is 16.5. The zero-order chi connectivity index (χ0) is 21.1. The van der Waals surface area contributed by atoms with Gasteiger partial charge in [0.1, 0.15) is 5.00 Å². The van der Waals surface area contributed by atoms with Gasteiger partial charge in [0.2, 0.25) is 11.8 Å². The van der Waals surface area contributed by atoms with Gasteiger partial charge in [0.05, 0.1) is 18.7 Å². The second kappa shape index (κ2) is 8.57. The van der Waals surface area contributed by atoms with Crippen molar-refractivity contribution in [3.05, 3.63) is 51.4 Å². The van der Waals surface area contributed by atoms with E-state index >= 15 is 0 Å². The number of carbonyl (C=O) groups excluding carboxylic acids is 4. The van der Waals surface area contributed by atoms with Crippen molar-refractivity contribution in [1.29, 1.82) is 0 Å². The van der Waals surface area contributed by atoms with Gasteiger partial charge in [-0.1, -0.05) is 12.1 Å². The summed E-state index contributed by atoms with van der Waals surface area (Å²) >= 11 is 1.33. The van der Waals surface area contributed by atoms with Gasteiger partial charge in [-0.2, -0.15) is 0 Å². The number of nitrogens with zero attached hydrogens (tertiary/aromatic N) is 1. The van der Waals surface area contributed by atoms with Crippen LogP contribution in [0.1, 0.15) is 56.5 Å². The number of rotatable bonds is 6. The molecule has 3 amide bonds. The van der Waals surface area contributed by atoms with Crippen LogP contribution in [0.5, 0.6) is 0 Å². The monoisotopic (exact) mass is 414 g/mol. The summed E-state index contributed by atoms with van der Waals surface area (Å²) in [6.45, 7) is 5.90. The molecule has 7 nitrogen and oxygen atoms in total. The van der Waals surface area contributed by atoms with E-state index in [1.807, 2.05) is 13.8 Å². The number of esters is 1. The summed E-state index contributed by atoms with van der Waals surface area (Å²) in [5, 5.41) is 3.25. The molecule has 29 heavy (non-hydrogen) atoms. The van der Waals surface area contributed by atoms with E-state index in [0.717, 1.165) is 16.0 Å². The molecule has 1 fully saturated rings. The average Bonchev–Trinajstić information content (AvgIpc) is 3.15. The smallest absolute Gasteiger partial charge is 0.341 e. The minimum Gasteiger partial charge on any atom is -0.462 e. The lowest BCUT2D eigenvalue weighted by molar-refractivity contribution is -0.139. The van der Waals surface area contributed by atoms with E-state index in [-0.39, 0.29) is 43.7 Å². The summed E-state index contributed by atoms with van der Waals surface area (Å²) in [6, 6.07) is 6.69. The van der Waals surface area contributed by atoms with E-state index in [2.05, 4.69) is 5.32 Å². The Morgan fingerprint density at radius 1 is 1.10 bits per heavy atom. The molecule has 0 atom stereocenters. The summed E-state index contributed by atoms with van der Waals surface area (Å²) in [4.78, 5) is 50.5. The Kier molecular flexibility index (Phi) is 6.12. The number of ether oxygens (including phenoxy) is 1. The number of amides is 3. The first kappa shape index (κ1) is 20.7. The highest BCUT2D eigenvalue weighted by atomic mass is 32.1. The Hall–Kier alpha value is -3.00. The van der Waals surface area contributed by atoms with Gasteiger partial charge in [-0.25, -0.2) is 4.79 Å². The maximum Gasteiger partial charge on any atom is 0.341 e. The number of anilines is 1. The molecule has 1 aliphatic heterocycles. The van der Waals surface area contributed by atoms with Gasteiger partial charge in [-0.05, 0) is 44.0 Å². The molecule has 0 unspecified atom stereocenters. The number of benzene rings is 1. The van der Waals surface area contributed by atoms with Crippen LogP contribution < -0.4 is 5.32 Å². The maximum absolute atomic E-state index is 12.7. The fourth-order valence-corrected chi connectivity index (χ4v) is 4.13. The number of hydrogen-bond donors (Lipinski definition) is 1. The average molecular weight is 414 g/mol. The molecule has 1 aromatic carbocycles. The Bertz CT molecular complexity index is 962. The van der Waals surface area contributed by atoms with Gasteiger partial charge < -0.3 is 10.1 Å². The first-order valence-electron chi connectivity index (χ1n) is 9.32. The lowest BCUT2D eigenvalue weighted by Crippen LogP contribution is -2.28. The molecular weight excluding hydrogens is 392 g/mol. The van der Waals surface area contributed by atoms with E-state index in [0.29, 0.717) is 16.1 Å². The third-order valence-corrected chi connectivity index (χ3v) is 5.93. The van der Waals surface area contributed by atoms with Gasteiger partial charge in [0.15, 0.2) is 0 Å². The molecule has 0 saturated carbocycles. The Morgan fingerprint density at radius 3 is 2.31 bits per heavy atom. The number of aryl methyl sites for hydroxylation is 1. The molecule has 1 saturated heterocycles. The molecular formula is C21H22N2O5S. The minimum atomic E-state index is -0.458. The van der Waals surface area contributed by atoms with Crippen molar-refractivity contribution in [1.82, 2.24) is 4.90 Å². The Morgan fingerprint density at radius 2 is 1.72 bits per heavy atom. The number of likely N-dealkylation sites (tertiary alicyclic amines) is 1. The van der Waals surface area contributed by atoms with Crippen molar-refractivity contribution < 1.29 is 23.9 Å². The van der Waals surface area contributed by atoms with Crippen molar-refractivity contribution in [3.8, 4) is 0 Å². The van der Waals surface area contributed by atoms with Crippen molar-refractivity contribution in [3.63, 3.8) is 0 Å². The molecule has 8 heteroatoms. The minimum absolute atomic E-state index is 0.174. The third kappa shape index (κ3) is 4.37. The van der Waals surface area contributed by atoms with Crippen LogP contribution in [0.3, 0.4) is 0 Å². The van der Waals surface area contributed by atoms with Gasteiger partial charge in [-0.3, -0.25) is 19.3 Å². The number of imide groups is 1. The molecule has 0 bridgehead atoms. The summed E-state index contributed by atoms with van der Waals surface area (Å²) in [7, 11) is 0. The SMILES string of the molecule is CCOC(=O)c1c(NC(=O)c2ccc(CN3C(=O)CCC3=O)cc2)sc(C)c1C. The van der Waals surface area contributed by atoms with E-state index in [1.165, 1.54) is 16.2 Å². The van der Waals surface area contributed by atoms with Crippen LogP contribution in [0.4, 0.5) is 5.00 Å². The highest BCUT2D eigenvalue weighted by Crippen LogP contribution is 2.33. The fraction of sp³-hybridized carbons (Fsp3) is 0.333. The topological polar surface area (TPSA) is 92.8 Å². The molecule has 3 rings (SSSR count). The zero-order valence-corrected chi connectivity index (χ0v) is 17.4. The molecule has 0 radical (unpaired) electrons. The second-order valence-corrected chi connectivity index (χ2v) is 7.96. The van der Waals surface area contributed by atoms with Crippen LogP contribution in [0, 0.1) is 13.8 Å². The first-order valence-corrected chi connectivity index (χ1v) is 10.1. The fourth-order valence-electron chi connectivity index (χ4n) is 3.08. The van der Waals surface area contributed by atoms with Crippen LogP contribution in [0.2, 0.25) is 0 Å². The second-order valence-electron chi connectivity index (χ2n) is 6.73. The standard InChI is InChI=1S/C21H22N2O5S/c1-4-28-21(27)18-12(2)13(3)29-20(18)22-19(26)15-7-5-14(6-8-15)11-23-16(24)9-10-17(23)25/h5-8H,4,9-11H2,1-3H3,(H,22,26). The molecule has 152 valence electrons. The molecule has 1 aliphatic rings. The maximum atomic E-state index is 12.7. The van der Waals surface area contributed by atoms with E-state index in [1.54, 1.807) is 31.2 Å². The van der Waals surface area contributed by atoms with Gasteiger partial charge in [0.25, 0.3) is 5.91 Å². The van der Waals surface area contributed by atoms with Crippen molar-refractivity contribution in [2.45, 2.75) is 40.2 Å². The van der Waals surface area contributed by atoms with Gasteiger partial charge in [0, 0.05) is 23.3 Å². The lowest BCUT2D eigenvalue weighted by atomic mass is 10.1. The first-order chi connectivity index (χ1) is 13.8. The van der Waals surface area contributed by atoms with Crippen molar-refractivity contribution in [2.75, 3.05) is 11.9 Å². The van der Waals surface area contributed by atoms with E-state index in [4.69, 9.17) is 4.74 Å². The number of nitrogens with one attached hydrogen (secondary N) is 1. The predicted molar refractivity (Wildman–Crippen MR) is 109 cm³/mol. The number of thiophene rings is 1. The quantitative estimate of drug-likeness (QED) is 0.577. The lowest BCUT2D eigenvalue weighted by Gasteiger charge is -2.14. The Labute approximate surface area is 172 Å². The molecule has 2 aromatic rings. The molecule has 0 spiro atoms. The Balaban J connectivity index is 1.73. The highest BCUT2D eigenvalue weighted by Gasteiger charge is 2.28. The van der Waals surface area contributed by atoms with Crippen LogP contribution in [-0.2, 0) is 20.9 Å². The van der Waals surface area contributed by atoms with Gasteiger partial charge in [-0.15, -0.1) is 11.3 Å². The van der Waals surface area contributed by atoms with Crippen molar-refractivity contribution >= 4 is 40.0 Å². The normalized spacial score (nSPS) is 13.7.